The first-order valence-corrected chi connectivity index (χ1v) is 5.13. The largest absolute Gasteiger partial charge is 0.468 e. The summed E-state index contributed by atoms with van der Waals surface area (Å²) >= 11 is 0. The second-order valence-corrected chi connectivity index (χ2v) is 3.90. The average molecular weight is 209 g/mol. The molecule has 0 radical (unpaired) electrons. The van der Waals surface area contributed by atoms with E-state index in [4.69, 9.17) is 4.74 Å². The number of carbonyl (C=O) groups excluding carboxylic acids is 1. The van der Waals surface area contributed by atoms with Gasteiger partial charge in [-0.3, -0.25) is 9.48 Å². The van der Waals surface area contributed by atoms with Crippen molar-refractivity contribution in [1.29, 1.82) is 0 Å². The molecule has 5 nitrogen and oxygen atoms in total. The van der Waals surface area contributed by atoms with Gasteiger partial charge < -0.3 is 4.74 Å². The maximum Gasteiger partial charge on any atom is 0.319 e. The minimum atomic E-state index is -0.510. The molecule has 0 atom stereocenters. The van der Waals surface area contributed by atoms with Gasteiger partial charge >= 0.3 is 5.97 Å². The molecular formula is C10H15N3O2. The van der Waals surface area contributed by atoms with E-state index in [-0.39, 0.29) is 5.97 Å². The molecule has 1 aliphatic carbocycles. The highest BCUT2D eigenvalue weighted by molar-refractivity contribution is 5.85. The van der Waals surface area contributed by atoms with Gasteiger partial charge in [0.1, 0.15) is 11.2 Å². The van der Waals surface area contributed by atoms with Crippen LogP contribution < -0.4 is 0 Å². The van der Waals surface area contributed by atoms with E-state index in [1.807, 2.05) is 14.0 Å². The Hall–Kier alpha value is -1.39. The van der Waals surface area contributed by atoms with Crippen molar-refractivity contribution in [3.63, 3.8) is 0 Å². The van der Waals surface area contributed by atoms with Crippen molar-refractivity contribution in [3.05, 3.63) is 11.6 Å². The molecule has 0 unspecified atom stereocenters. The molecule has 1 fully saturated rings. The maximum absolute atomic E-state index is 11.6. The Morgan fingerprint density at radius 2 is 2.27 bits per heavy atom. The molecule has 0 amide bonds. The van der Waals surface area contributed by atoms with E-state index in [1.54, 1.807) is 4.68 Å². The first kappa shape index (κ1) is 10.1. The molecule has 1 aromatic heterocycles. The highest BCUT2D eigenvalue weighted by Crippen LogP contribution is 2.48. The van der Waals surface area contributed by atoms with Crippen LogP contribution in [0, 0.1) is 0 Å². The predicted octanol–water partition coefficient (Wildman–Crippen LogP) is 0.582. The number of esters is 1. The van der Waals surface area contributed by atoms with E-state index in [0.29, 0.717) is 0 Å². The van der Waals surface area contributed by atoms with E-state index in [2.05, 4.69) is 10.1 Å². The molecule has 82 valence electrons. The zero-order valence-electron chi connectivity index (χ0n) is 9.28. The van der Waals surface area contributed by atoms with Crippen molar-refractivity contribution in [3.8, 4) is 0 Å². The number of methoxy groups -OCH3 is 1. The van der Waals surface area contributed by atoms with Gasteiger partial charge in [0, 0.05) is 13.5 Å². The van der Waals surface area contributed by atoms with Gasteiger partial charge in [-0.25, -0.2) is 4.98 Å². The third kappa shape index (κ3) is 1.42. The van der Waals surface area contributed by atoms with Crippen LogP contribution in [0.15, 0.2) is 0 Å². The lowest BCUT2D eigenvalue weighted by molar-refractivity contribution is -0.144. The van der Waals surface area contributed by atoms with Crippen molar-refractivity contribution in [2.24, 2.45) is 7.05 Å². The molecule has 1 heterocycles. The summed E-state index contributed by atoms with van der Waals surface area (Å²) in [4.78, 5) is 16.0. The van der Waals surface area contributed by atoms with Crippen LogP contribution in [0.5, 0.6) is 0 Å². The molecule has 0 aromatic carbocycles. The van der Waals surface area contributed by atoms with Crippen molar-refractivity contribution >= 4 is 5.97 Å². The highest BCUT2D eigenvalue weighted by atomic mass is 16.5. The Balaban J connectivity index is 2.37. The average Bonchev–Trinajstić information content (AvgIpc) is 2.96. The number of nitrogens with zero attached hydrogens (tertiary/aromatic N) is 3. The Labute approximate surface area is 88.4 Å². The van der Waals surface area contributed by atoms with Crippen LogP contribution in [0.25, 0.3) is 0 Å². The zero-order chi connectivity index (χ0) is 11.1. The lowest BCUT2D eigenvalue weighted by Gasteiger charge is -2.10. The summed E-state index contributed by atoms with van der Waals surface area (Å²) in [7, 11) is 3.24. The molecule has 0 N–H and O–H groups in total. The summed E-state index contributed by atoms with van der Waals surface area (Å²) in [6.45, 7) is 2.00. The van der Waals surface area contributed by atoms with Gasteiger partial charge in [0.05, 0.1) is 7.11 Å². The van der Waals surface area contributed by atoms with Gasteiger partial charge in [0.15, 0.2) is 5.82 Å². The summed E-state index contributed by atoms with van der Waals surface area (Å²) in [5, 5.41) is 4.25. The van der Waals surface area contributed by atoms with Gasteiger partial charge in [0.25, 0.3) is 0 Å². The van der Waals surface area contributed by atoms with Crippen molar-refractivity contribution < 1.29 is 9.53 Å². The van der Waals surface area contributed by atoms with Crippen LogP contribution >= 0.6 is 0 Å². The number of rotatable bonds is 3. The van der Waals surface area contributed by atoms with Crippen LogP contribution in [0.3, 0.4) is 0 Å². The summed E-state index contributed by atoms with van der Waals surface area (Å²) in [5.41, 5.74) is -0.510. The molecular weight excluding hydrogens is 194 g/mol. The molecule has 0 bridgehead atoms. The number of aryl methyl sites for hydroxylation is 2. The number of ether oxygens (including phenoxy) is 1. The van der Waals surface area contributed by atoms with Crippen LogP contribution in [-0.4, -0.2) is 27.8 Å². The monoisotopic (exact) mass is 209 g/mol. The van der Waals surface area contributed by atoms with E-state index in [9.17, 15) is 4.79 Å². The van der Waals surface area contributed by atoms with Crippen molar-refractivity contribution in [1.82, 2.24) is 14.8 Å². The van der Waals surface area contributed by atoms with Crippen molar-refractivity contribution in [2.75, 3.05) is 7.11 Å². The fourth-order valence-corrected chi connectivity index (χ4v) is 1.84. The predicted molar refractivity (Wildman–Crippen MR) is 53.3 cm³/mol. The SMILES string of the molecule is CCc1nc(C2(C(=O)OC)CC2)n(C)n1. The lowest BCUT2D eigenvalue weighted by atomic mass is 10.1. The fraction of sp³-hybridized carbons (Fsp3) is 0.700. The summed E-state index contributed by atoms with van der Waals surface area (Å²) in [6.07, 6.45) is 2.41. The second kappa shape index (κ2) is 3.32. The van der Waals surface area contributed by atoms with E-state index in [0.717, 1.165) is 30.9 Å². The normalized spacial score (nSPS) is 17.5. The zero-order valence-corrected chi connectivity index (χ0v) is 9.28. The molecule has 15 heavy (non-hydrogen) atoms. The number of carbonyl (C=O) groups is 1. The van der Waals surface area contributed by atoms with Crippen molar-refractivity contribution in [2.45, 2.75) is 31.6 Å². The van der Waals surface area contributed by atoms with Gasteiger partial charge in [0.2, 0.25) is 0 Å². The van der Waals surface area contributed by atoms with E-state index < -0.39 is 5.41 Å². The third-order valence-electron chi connectivity index (χ3n) is 2.88. The van der Waals surface area contributed by atoms with Crippen LogP contribution in [0.4, 0.5) is 0 Å². The second-order valence-electron chi connectivity index (χ2n) is 3.90. The van der Waals surface area contributed by atoms with E-state index in [1.165, 1.54) is 7.11 Å². The van der Waals surface area contributed by atoms with Crippen LogP contribution in [-0.2, 0) is 28.4 Å². The van der Waals surface area contributed by atoms with Gasteiger partial charge in [-0.1, -0.05) is 6.92 Å². The first-order chi connectivity index (χ1) is 7.14. The lowest BCUT2D eigenvalue weighted by Crippen LogP contribution is -2.25. The maximum atomic E-state index is 11.6. The summed E-state index contributed by atoms with van der Waals surface area (Å²) in [5.74, 6) is 1.33. The standard InChI is InChI=1S/C10H15N3O2/c1-4-7-11-8(13(2)12-7)10(5-6-10)9(14)15-3/h4-6H2,1-3H3. The van der Waals surface area contributed by atoms with Gasteiger partial charge in [-0.15, -0.1) is 0 Å². The molecule has 0 aliphatic heterocycles. The Kier molecular flexibility index (Phi) is 2.25. The Morgan fingerprint density at radius 1 is 1.60 bits per heavy atom. The Bertz CT molecular complexity index is 393. The fourth-order valence-electron chi connectivity index (χ4n) is 1.84. The minimum Gasteiger partial charge on any atom is -0.468 e. The summed E-state index contributed by atoms with van der Waals surface area (Å²) < 4.78 is 6.51. The molecule has 1 aliphatic rings. The molecule has 1 aromatic rings. The molecule has 5 heteroatoms. The smallest absolute Gasteiger partial charge is 0.319 e. The first-order valence-electron chi connectivity index (χ1n) is 5.13. The third-order valence-corrected chi connectivity index (χ3v) is 2.88. The molecule has 2 rings (SSSR count). The van der Waals surface area contributed by atoms with Gasteiger partial charge in [-0.2, -0.15) is 5.10 Å². The molecule has 0 saturated heterocycles. The van der Waals surface area contributed by atoms with Gasteiger partial charge in [-0.05, 0) is 12.8 Å². The molecule has 0 spiro atoms. The van der Waals surface area contributed by atoms with Crippen LogP contribution in [0.1, 0.15) is 31.4 Å². The number of hydrogen-bond donors (Lipinski definition) is 0. The highest BCUT2D eigenvalue weighted by Gasteiger charge is 2.56. The quantitative estimate of drug-likeness (QED) is 0.683. The van der Waals surface area contributed by atoms with Crippen LogP contribution in [0.2, 0.25) is 0 Å². The minimum absolute atomic E-state index is 0.194. The van der Waals surface area contributed by atoms with E-state index >= 15 is 0 Å². The summed E-state index contributed by atoms with van der Waals surface area (Å²) in [6, 6.07) is 0. The molecule has 1 saturated carbocycles. The topological polar surface area (TPSA) is 57.0 Å². The number of hydrogen-bond acceptors (Lipinski definition) is 4. The Morgan fingerprint density at radius 3 is 2.67 bits per heavy atom. The number of aromatic nitrogens is 3.